The summed E-state index contributed by atoms with van der Waals surface area (Å²) in [5.41, 5.74) is -1.95. The van der Waals surface area contributed by atoms with Gasteiger partial charge in [0.25, 0.3) is 0 Å². The third kappa shape index (κ3) is 1.95. The van der Waals surface area contributed by atoms with Gasteiger partial charge in [-0.25, -0.2) is 0 Å². The highest BCUT2D eigenvalue weighted by Crippen LogP contribution is 2.42. The van der Waals surface area contributed by atoms with Gasteiger partial charge in [-0.3, -0.25) is 0 Å². The molecule has 5 heteroatoms. The van der Waals surface area contributed by atoms with Crippen molar-refractivity contribution in [2.45, 2.75) is 36.3 Å². The summed E-state index contributed by atoms with van der Waals surface area (Å²) in [5.74, 6) is 0. The van der Waals surface area contributed by atoms with Gasteiger partial charge >= 0.3 is 4.83 Å². The molecule has 1 N–H and O–H groups in total. The fraction of sp³-hybridized carbons (Fsp3) is 1.00. The summed E-state index contributed by atoms with van der Waals surface area (Å²) in [7, 11) is 0. The molecule has 0 amide bonds. The van der Waals surface area contributed by atoms with Crippen LogP contribution in [0.1, 0.15) is 19.8 Å². The Balaban J connectivity index is 2.70. The Morgan fingerprint density at radius 3 is 2.58 bits per heavy atom. The van der Waals surface area contributed by atoms with Gasteiger partial charge in [-0.05, 0) is 22.9 Å². The molecule has 0 radical (unpaired) electrons. The van der Waals surface area contributed by atoms with Crippen LogP contribution in [0, 0.1) is 0 Å². The maximum Gasteiger partial charge on any atom is 0.329 e. The average molecular weight is 245 g/mol. The van der Waals surface area contributed by atoms with Crippen LogP contribution in [0.3, 0.4) is 0 Å². The molecule has 2 unspecified atom stereocenters. The molecule has 1 rings (SSSR count). The van der Waals surface area contributed by atoms with E-state index in [1.807, 2.05) is 0 Å². The van der Waals surface area contributed by atoms with Crippen molar-refractivity contribution in [3.63, 3.8) is 0 Å². The lowest BCUT2D eigenvalue weighted by molar-refractivity contribution is -0.178. The normalized spacial score (nSPS) is 38.2. The number of hydrogen-bond donors (Lipinski definition) is 1. The molecular weight excluding hydrogens is 234 g/mol. The van der Waals surface area contributed by atoms with E-state index in [1.54, 1.807) is 6.92 Å². The van der Waals surface area contributed by atoms with Crippen LogP contribution in [0.2, 0.25) is 0 Å². The minimum Gasteiger partial charge on any atom is -0.382 e. The highest BCUT2D eigenvalue weighted by molar-refractivity contribution is 9.10. The van der Waals surface area contributed by atoms with Crippen LogP contribution in [-0.4, -0.2) is 28.3 Å². The fourth-order valence-corrected chi connectivity index (χ4v) is 1.68. The molecule has 2 atom stereocenters. The molecule has 12 heavy (non-hydrogen) atoms. The lowest BCUT2D eigenvalue weighted by Gasteiger charge is -2.38. The molecule has 0 aliphatic carbocycles. The quantitative estimate of drug-likeness (QED) is 0.715. The van der Waals surface area contributed by atoms with Crippen molar-refractivity contribution < 1.29 is 18.6 Å². The van der Waals surface area contributed by atoms with Gasteiger partial charge in [0.15, 0.2) is 0 Å². The number of alkyl halides is 3. The molecule has 72 valence electrons. The Kier molecular flexibility index (Phi) is 2.75. The predicted octanol–water partition coefficient (Wildman–Crippen LogP) is 1.90. The number of hydrogen-bond acceptors (Lipinski definition) is 2. The second kappa shape index (κ2) is 3.20. The highest BCUT2D eigenvalue weighted by atomic mass is 79.9. The Labute approximate surface area is 78.0 Å². The molecule has 0 spiro atoms. The largest absolute Gasteiger partial charge is 0.382 e. The van der Waals surface area contributed by atoms with Crippen LogP contribution in [0.25, 0.3) is 0 Å². The second-order valence-corrected chi connectivity index (χ2v) is 4.16. The van der Waals surface area contributed by atoms with Crippen molar-refractivity contribution in [2.24, 2.45) is 0 Å². The third-order valence-corrected chi connectivity index (χ3v) is 2.81. The highest BCUT2D eigenvalue weighted by Gasteiger charge is 2.52. The van der Waals surface area contributed by atoms with Crippen molar-refractivity contribution in [3.05, 3.63) is 0 Å². The summed E-state index contributed by atoms with van der Waals surface area (Å²) in [6.07, 6.45) is -0.381. The summed E-state index contributed by atoms with van der Waals surface area (Å²) < 4.78 is 30.6. The Morgan fingerprint density at radius 2 is 2.25 bits per heavy atom. The molecule has 2 nitrogen and oxygen atoms in total. The summed E-state index contributed by atoms with van der Waals surface area (Å²) in [6, 6.07) is 0. The molecule has 0 aromatic rings. The number of aliphatic hydroxyl groups is 1. The monoisotopic (exact) mass is 244 g/mol. The van der Waals surface area contributed by atoms with Gasteiger partial charge in [-0.1, -0.05) is 0 Å². The van der Waals surface area contributed by atoms with E-state index in [0.717, 1.165) is 0 Å². The average Bonchev–Trinajstić information content (AvgIpc) is 1.83. The number of rotatable bonds is 1. The molecule has 1 aliphatic heterocycles. The summed E-state index contributed by atoms with van der Waals surface area (Å²) in [6.45, 7) is 1.85. The molecular formula is C7H11BrF2O2. The van der Waals surface area contributed by atoms with Crippen molar-refractivity contribution in [3.8, 4) is 0 Å². The topological polar surface area (TPSA) is 29.5 Å². The lowest BCUT2D eigenvalue weighted by Crippen LogP contribution is -2.50. The third-order valence-electron chi connectivity index (χ3n) is 2.07. The van der Waals surface area contributed by atoms with Crippen molar-refractivity contribution in [1.29, 1.82) is 0 Å². The minimum absolute atomic E-state index is 0.0322. The first-order valence-electron chi connectivity index (χ1n) is 3.76. The smallest absolute Gasteiger partial charge is 0.329 e. The van der Waals surface area contributed by atoms with E-state index >= 15 is 0 Å². The van der Waals surface area contributed by atoms with Gasteiger partial charge < -0.3 is 9.84 Å². The van der Waals surface area contributed by atoms with Crippen LogP contribution in [0.4, 0.5) is 8.78 Å². The van der Waals surface area contributed by atoms with Crippen LogP contribution >= 0.6 is 15.9 Å². The van der Waals surface area contributed by atoms with E-state index in [0.29, 0.717) is 0 Å². The molecule has 0 aromatic carbocycles. The summed E-state index contributed by atoms with van der Waals surface area (Å²) in [4.78, 5) is -3.22. The maximum absolute atomic E-state index is 12.8. The van der Waals surface area contributed by atoms with Crippen LogP contribution in [0.5, 0.6) is 0 Å². The van der Waals surface area contributed by atoms with Gasteiger partial charge in [0.2, 0.25) is 0 Å². The van der Waals surface area contributed by atoms with Gasteiger partial charge in [0.05, 0.1) is 6.10 Å². The van der Waals surface area contributed by atoms with Gasteiger partial charge in [0, 0.05) is 19.4 Å². The van der Waals surface area contributed by atoms with E-state index in [9.17, 15) is 13.9 Å². The van der Waals surface area contributed by atoms with E-state index in [2.05, 4.69) is 15.9 Å². The molecule has 0 bridgehead atoms. The van der Waals surface area contributed by atoms with Gasteiger partial charge in [-0.2, -0.15) is 8.78 Å². The van der Waals surface area contributed by atoms with E-state index < -0.39 is 10.4 Å². The molecule has 0 saturated carbocycles. The van der Waals surface area contributed by atoms with Crippen molar-refractivity contribution >= 4 is 15.9 Å². The molecule has 0 aromatic heterocycles. The molecule has 1 fully saturated rings. The number of ether oxygens (including phenoxy) is 1. The van der Waals surface area contributed by atoms with Gasteiger partial charge in [-0.15, -0.1) is 0 Å². The zero-order chi connectivity index (χ0) is 9.41. The zero-order valence-electron chi connectivity index (χ0n) is 6.69. The first-order valence-corrected chi connectivity index (χ1v) is 4.55. The maximum atomic E-state index is 12.8. The van der Waals surface area contributed by atoms with Gasteiger partial charge in [0.1, 0.15) is 5.60 Å². The number of halogens is 3. The van der Waals surface area contributed by atoms with E-state index in [1.165, 1.54) is 0 Å². The molecule has 1 heterocycles. The molecule has 1 saturated heterocycles. The standard InChI is InChI=1S/C7H11BrF2O2/c1-5-4-6(11,2-3-12-5)7(8,9)10/h5,11H,2-4H2,1H3. The predicted molar refractivity (Wildman–Crippen MR) is 43.5 cm³/mol. The fourth-order valence-electron chi connectivity index (χ4n) is 1.32. The van der Waals surface area contributed by atoms with Crippen LogP contribution in [-0.2, 0) is 4.74 Å². The van der Waals surface area contributed by atoms with Crippen molar-refractivity contribution in [2.75, 3.05) is 6.61 Å². The Morgan fingerprint density at radius 1 is 1.67 bits per heavy atom. The Hall–Kier alpha value is 0.260. The summed E-state index contributed by atoms with van der Waals surface area (Å²) >= 11 is 2.18. The van der Waals surface area contributed by atoms with E-state index in [-0.39, 0.29) is 25.6 Å². The first kappa shape index (κ1) is 10.3. The zero-order valence-corrected chi connectivity index (χ0v) is 8.27. The first-order chi connectivity index (χ1) is 5.35. The van der Waals surface area contributed by atoms with Crippen molar-refractivity contribution in [1.82, 2.24) is 0 Å². The lowest BCUT2D eigenvalue weighted by atomic mass is 9.91. The van der Waals surface area contributed by atoms with Crippen LogP contribution in [0.15, 0.2) is 0 Å². The van der Waals surface area contributed by atoms with E-state index in [4.69, 9.17) is 4.74 Å². The minimum atomic E-state index is -3.22. The molecule has 1 aliphatic rings. The Bertz CT molecular complexity index is 171. The van der Waals surface area contributed by atoms with Crippen LogP contribution < -0.4 is 0 Å². The summed E-state index contributed by atoms with van der Waals surface area (Å²) in [5, 5.41) is 9.50. The SMILES string of the molecule is CC1CC(O)(C(F)(F)Br)CCO1. The second-order valence-electron chi connectivity index (χ2n) is 3.16.